The summed E-state index contributed by atoms with van der Waals surface area (Å²) in [5.41, 5.74) is 0. The number of hydrogen-bond donors (Lipinski definition) is 3. The highest BCUT2D eigenvalue weighted by Gasteiger charge is 2.31. The number of piperidine rings is 1. The van der Waals surface area contributed by atoms with Crippen LogP contribution >= 0.6 is 0 Å². The third-order valence-electron chi connectivity index (χ3n) is 4.67. The van der Waals surface area contributed by atoms with Crippen LogP contribution in [0.25, 0.3) is 0 Å². The van der Waals surface area contributed by atoms with E-state index in [9.17, 15) is 9.90 Å². The molecule has 2 aliphatic rings. The SMILES string of the molecule is CNC[C@@H](NC(=O)N1CCCCC1)[C@H](O)C1CCCC1. The molecule has 2 atom stereocenters. The van der Waals surface area contributed by atoms with E-state index in [0.717, 1.165) is 38.8 Å². The lowest BCUT2D eigenvalue weighted by Crippen LogP contribution is -2.55. The fourth-order valence-electron chi connectivity index (χ4n) is 3.45. The van der Waals surface area contributed by atoms with E-state index in [1.807, 2.05) is 11.9 Å². The summed E-state index contributed by atoms with van der Waals surface area (Å²) >= 11 is 0. The molecule has 0 radical (unpaired) electrons. The molecule has 3 N–H and O–H groups in total. The van der Waals surface area contributed by atoms with Crippen LogP contribution in [-0.2, 0) is 0 Å². The predicted octanol–water partition coefficient (Wildman–Crippen LogP) is 1.32. The van der Waals surface area contributed by atoms with Gasteiger partial charge in [0.1, 0.15) is 0 Å². The summed E-state index contributed by atoms with van der Waals surface area (Å²) in [6, 6.07) is -0.195. The van der Waals surface area contributed by atoms with Gasteiger partial charge in [-0.05, 0) is 45.1 Å². The highest BCUT2D eigenvalue weighted by Crippen LogP contribution is 2.29. The molecule has 0 aromatic rings. The Balaban J connectivity index is 1.88. The van der Waals surface area contributed by atoms with E-state index in [4.69, 9.17) is 0 Å². The van der Waals surface area contributed by atoms with Gasteiger partial charge in [0.25, 0.3) is 0 Å². The van der Waals surface area contributed by atoms with Crippen molar-refractivity contribution in [2.24, 2.45) is 5.92 Å². The van der Waals surface area contributed by atoms with E-state index in [0.29, 0.717) is 12.5 Å². The molecular weight excluding hydrogens is 254 g/mol. The van der Waals surface area contributed by atoms with Gasteiger partial charge in [-0.25, -0.2) is 4.79 Å². The lowest BCUT2D eigenvalue weighted by atomic mass is 9.94. The largest absolute Gasteiger partial charge is 0.391 e. The lowest BCUT2D eigenvalue weighted by molar-refractivity contribution is 0.0705. The fourth-order valence-corrected chi connectivity index (χ4v) is 3.45. The van der Waals surface area contributed by atoms with Crippen molar-refractivity contribution < 1.29 is 9.90 Å². The Hall–Kier alpha value is -0.810. The molecule has 5 nitrogen and oxygen atoms in total. The number of urea groups is 1. The summed E-state index contributed by atoms with van der Waals surface area (Å²) in [5, 5.41) is 16.6. The first-order chi connectivity index (χ1) is 9.72. The zero-order valence-corrected chi connectivity index (χ0v) is 12.6. The van der Waals surface area contributed by atoms with Crippen molar-refractivity contribution in [3.63, 3.8) is 0 Å². The summed E-state index contributed by atoms with van der Waals surface area (Å²) in [6.45, 7) is 2.31. The maximum atomic E-state index is 12.3. The first-order valence-corrected chi connectivity index (χ1v) is 8.10. The quantitative estimate of drug-likeness (QED) is 0.713. The minimum Gasteiger partial charge on any atom is -0.391 e. The Labute approximate surface area is 122 Å². The first-order valence-electron chi connectivity index (χ1n) is 8.10. The topological polar surface area (TPSA) is 64.6 Å². The number of nitrogens with one attached hydrogen (secondary N) is 2. The third-order valence-corrected chi connectivity index (χ3v) is 4.67. The monoisotopic (exact) mass is 283 g/mol. The second-order valence-electron chi connectivity index (χ2n) is 6.20. The van der Waals surface area contributed by atoms with Crippen LogP contribution in [0.4, 0.5) is 4.79 Å². The molecule has 5 heteroatoms. The molecule has 0 spiro atoms. The van der Waals surface area contributed by atoms with E-state index in [-0.39, 0.29) is 12.1 Å². The van der Waals surface area contributed by atoms with Crippen molar-refractivity contribution in [1.82, 2.24) is 15.5 Å². The molecule has 1 heterocycles. The predicted molar refractivity (Wildman–Crippen MR) is 79.6 cm³/mol. The highest BCUT2D eigenvalue weighted by molar-refractivity contribution is 5.74. The van der Waals surface area contributed by atoms with Crippen LogP contribution in [0.3, 0.4) is 0 Å². The fraction of sp³-hybridized carbons (Fsp3) is 0.933. The number of likely N-dealkylation sites (N-methyl/N-ethyl adjacent to an activating group) is 1. The smallest absolute Gasteiger partial charge is 0.317 e. The van der Waals surface area contributed by atoms with Crippen LogP contribution in [0, 0.1) is 5.92 Å². The molecule has 0 unspecified atom stereocenters. The van der Waals surface area contributed by atoms with Crippen molar-refractivity contribution in [1.29, 1.82) is 0 Å². The number of hydrogen-bond acceptors (Lipinski definition) is 3. The van der Waals surface area contributed by atoms with Crippen molar-refractivity contribution in [2.45, 2.75) is 57.1 Å². The standard InChI is InChI=1S/C15H29N3O2/c1-16-11-13(14(19)12-7-3-4-8-12)17-15(20)18-9-5-2-6-10-18/h12-14,16,19H,2-11H2,1H3,(H,17,20)/t13-,14-/m1/s1. The summed E-state index contributed by atoms with van der Waals surface area (Å²) in [4.78, 5) is 14.2. The van der Waals surface area contributed by atoms with Gasteiger partial charge in [-0.2, -0.15) is 0 Å². The van der Waals surface area contributed by atoms with Crippen LogP contribution in [-0.4, -0.2) is 54.9 Å². The molecule has 1 saturated carbocycles. The van der Waals surface area contributed by atoms with Crippen LogP contribution in [0.15, 0.2) is 0 Å². The van der Waals surface area contributed by atoms with Gasteiger partial charge in [0, 0.05) is 19.6 Å². The van der Waals surface area contributed by atoms with Crippen LogP contribution in [0.5, 0.6) is 0 Å². The Morgan fingerprint density at radius 1 is 1.20 bits per heavy atom. The molecule has 1 saturated heterocycles. The zero-order chi connectivity index (χ0) is 14.4. The Kier molecular flexibility index (Phi) is 6.10. The maximum Gasteiger partial charge on any atom is 0.317 e. The molecule has 2 rings (SSSR count). The van der Waals surface area contributed by atoms with E-state index in [1.54, 1.807) is 0 Å². The summed E-state index contributed by atoms with van der Waals surface area (Å²) in [7, 11) is 1.86. The third kappa shape index (κ3) is 4.09. The normalized spacial score (nSPS) is 23.6. The average Bonchev–Trinajstić information content (AvgIpc) is 3.01. The van der Waals surface area contributed by atoms with Gasteiger partial charge in [-0.1, -0.05) is 12.8 Å². The summed E-state index contributed by atoms with van der Waals surface area (Å²) in [5.74, 6) is 0.343. The van der Waals surface area contributed by atoms with Gasteiger partial charge in [0.05, 0.1) is 12.1 Å². The van der Waals surface area contributed by atoms with Gasteiger partial charge >= 0.3 is 6.03 Å². The van der Waals surface area contributed by atoms with Crippen molar-refractivity contribution in [3.05, 3.63) is 0 Å². The number of amides is 2. The number of rotatable bonds is 5. The van der Waals surface area contributed by atoms with Gasteiger partial charge in [0.15, 0.2) is 0 Å². The van der Waals surface area contributed by atoms with E-state index in [1.165, 1.54) is 19.3 Å². The minimum absolute atomic E-state index is 0.0120. The van der Waals surface area contributed by atoms with Gasteiger partial charge in [-0.3, -0.25) is 0 Å². The molecule has 2 fully saturated rings. The number of nitrogens with zero attached hydrogens (tertiary/aromatic N) is 1. The van der Waals surface area contributed by atoms with Gasteiger partial charge < -0.3 is 20.6 Å². The molecule has 20 heavy (non-hydrogen) atoms. The van der Waals surface area contributed by atoms with Crippen LogP contribution in [0.2, 0.25) is 0 Å². The molecule has 116 valence electrons. The second kappa shape index (κ2) is 7.84. The molecule has 2 amide bonds. The van der Waals surface area contributed by atoms with E-state index < -0.39 is 6.10 Å². The molecule has 1 aliphatic heterocycles. The number of aliphatic hydroxyl groups is 1. The number of aliphatic hydroxyl groups excluding tert-OH is 1. The average molecular weight is 283 g/mol. The Morgan fingerprint density at radius 3 is 2.45 bits per heavy atom. The molecule has 0 aromatic carbocycles. The number of carbonyl (C=O) groups excluding carboxylic acids is 1. The van der Waals surface area contributed by atoms with Crippen molar-refractivity contribution >= 4 is 6.03 Å². The Bertz CT molecular complexity index is 299. The number of likely N-dealkylation sites (tertiary alicyclic amines) is 1. The van der Waals surface area contributed by atoms with E-state index in [2.05, 4.69) is 10.6 Å². The van der Waals surface area contributed by atoms with E-state index >= 15 is 0 Å². The van der Waals surface area contributed by atoms with Crippen LogP contribution < -0.4 is 10.6 Å². The lowest BCUT2D eigenvalue weighted by Gasteiger charge is -2.32. The number of carbonyl (C=O) groups is 1. The summed E-state index contributed by atoms with van der Waals surface area (Å²) < 4.78 is 0. The van der Waals surface area contributed by atoms with Crippen molar-refractivity contribution in [2.75, 3.05) is 26.7 Å². The second-order valence-corrected chi connectivity index (χ2v) is 6.20. The Morgan fingerprint density at radius 2 is 1.85 bits per heavy atom. The highest BCUT2D eigenvalue weighted by atomic mass is 16.3. The minimum atomic E-state index is -0.432. The molecule has 0 bridgehead atoms. The van der Waals surface area contributed by atoms with Crippen molar-refractivity contribution in [3.8, 4) is 0 Å². The maximum absolute atomic E-state index is 12.3. The van der Waals surface area contributed by atoms with Gasteiger partial charge in [-0.15, -0.1) is 0 Å². The van der Waals surface area contributed by atoms with Gasteiger partial charge in [0.2, 0.25) is 0 Å². The molecular formula is C15H29N3O2. The van der Waals surface area contributed by atoms with Crippen LogP contribution in [0.1, 0.15) is 44.9 Å². The molecule has 1 aliphatic carbocycles. The molecule has 0 aromatic heterocycles. The first kappa shape index (κ1) is 15.6. The summed E-state index contributed by atoms with van der Waals surface area (Å²) in [6.07, 6.45) is 7.54. The zero-order valence-electron chi connectivity index (χ0n) is 12.6.